The highest BCUT2D eigenvalue weighted by Gasteiger charge is 2.23. The van der Waals surface area contributed by atoms with Crippen molar-refractivity contribution in [2.75, 3.05) is 0 Å². The van der Waals surface area contributed by atoms with Crippen molar-refractivity contribution in [3.05, 3.63) is 328 Å². The van der Waals surface area contributed by atoms with E-state index < -0.39 is 0 Å². The van der Waals surface area contributed by atoms with E-state index in [4.69, 9.17) is 38.7 Å². The number of fused-ring (bicyclic) bond motifs is 8. The van der Waals surface area contributed by atoms with Crippen LogP contribution in [0.4, 0.5) is 0 Å². The number of aromatic nitrogens is 6. The van der Waals surface area contributed by atoms with E-state index >= 15 is 0 Å². The smallest absolute Gasteiger partial charge is 0.228 e. The van der Waals surface area contributed by atoms with Crippen LogP contribution in [0.2, 0.25) is 0 Å². The normalized spacial score (nSPS) is 11.5. The van der Waals surface area contributed by atoms with Crippen LogP contribution in [-0.2, 0) is 0 Å². The number of oxazole rings is 2. The molecule has 10 heteroatoms. The second-order valence-electron chi connectivity index (χ2n) is 24.0. The number of benzene rings is 13. The molecule has 0 unspecified atom stereocenters. The Balaban J connectivity index is 0.000000143. The minimum absolute atomic E-state index is 0.628. The highest BCUT2D eigenvalue weighted by Crippen LogP contribution is 2.47. The third-order valence-electron chi connectivity index (χ3n) is 17.9. The Kier molecular flexibility index (Phi) is 14.8. The Hall–Kier alpha value is -12.6. The van der Waals surface area contributed by atoms with Crippen molar-refractivity contribution in [3.8, 4) is 124 Å². The first-order chi connectivity index (χ1) is 48.5. The van der Waals surface area contributed by atoms with Crippen LogP contribution in [-0.4, -0.2) is 29.9 Å². The van der Waals surface area contributed by atoms with E-state index in [9.17, 15) is 0 Å². The van der Waals surface area contributed by atoms with E-state index in [0.717, 1.165) is 132 Å². The topological polar surface area (TPSA) is 104 Å². The van der Waals surface area contributed by atoms with Crippen LogP contribution in [0.5, 0.6) is 0 Å². The second-order valence-corrected chi connectivity index (χ2v) is 26.1. The van der Waals surface area contributed by atoms with E-state index in [0.29, 0.717) is 23.4 Å². The average Bonchev–Trinajstić information content (AvgIpc) is 1.58. The minimum Gasteiger partial charge on any atom is -0.436 e. The van der Waals surface area contributed by atoms with Crippen molar-refractivity contribution < 1.29 is 8.83 Å². The van der Waals surface area contributed by atoms with Crippen LogP contribution in [0.3, 0.4) is 0 Å². The number of hydrogen-bond acceptors (Lipinski definition) is 10. The standard InChI is InChI=1S/C47H29N3OS.C41H25N3OS/c1-3-12-30(13-4-1)32-24-26-33(27-25-32)40-29-41(49-46(48-40)35-17-9-16-34(28-35)31-14-5-2-6-15-31)36-18-11-23-43-44(36)37-19-10-20-38(45(37)52-43)47-50-39-21-7-8-22-42(39)51-47;1-3-12-26(13-4-1)28-16-9-17-29(24-28)34-25-35(43-40(42-34)27-14-5-2-6-15-27)30-18-11-23-37-38(30)31-19-10-20-32(39(31)46-37)41-44-33-21-7-8-22-36(33)45-41/h1-29H;1-25H. The molecule has 0 saturated carbocycles. The van der Waals surface area contributed by atoms with E-state index in [1.165, 1.54) is 31.5 Å². The maximum Gasteiger partial charge on any atom is 0.228 e. The van der Waals surface area contributed by atoms with Crippen LogP contribution in [0, 0.1) is 0 Å². The number of thiophene rings is 2. The van der Waals surface area contributed by atoms with Crippen molar-refractivity contribution in [2.45, 2.75) is 0 Å². The zero-order chi connectivity index (χ0) is 64.9. The lowest BCUT2D eigenvalue weighted by Crippen LogP contribution is -1.96. The number of nitrogens with zero attached hydrogens (tertiary/aromatic N) is 6. The van der Waals surface area contributed by atoms with Gasteiger partial charge in [0.1, 0.15) is 11.0 Å². The molecule has 0 saturated heterocycles. The lowest BCUT2D eigenvalue weighted by molar-refractivity contribution is 0.620. The van der Waals surface area contributed by atoms with Crippen LogP contribution in [0.15, 0.2) is 336 Å². The highest BCUT2D eigenvalue weighted by atomic mass is 32.1. The Labute approximate surface area is 571 Å². The Morgan fingerprint density at radius 1 is 0.224 bits per heavy atom. The largest absolute Gasteiger partial charge is 0.436 e. The molecule has 6 heterocycles. The summed E-state index contributed by atoms with van der Waals surface area (Å²) in [5.74, 6) is 2.64. The van der Waals surface area contributed by atoms with E-state index in [1.807, 2.05) is 84.9 Å². The molecule has 19 aromatic rings. The predicted octanol–water partition coefficient (Wildman–Crippen LogP) is 24.3. The van der Waals surface area contributed by atoms with Crippen molar-refractivity contribution in [3.63, 3.8) is 0 Å². The van der Waals surface area contributed by atoms with Gasteiger partial charge in [-0.1, -0.05) is 255 Å². The van der Waals surface area contributed by atoms with Crippen LogP contribution in [0.25, 0.3) is 187 Å². The first-order valence-electron chi connectivity index (χ1n) is 32.5. The molecule has 0 atom stereocenters. The molecule has 8 nitrogen and oxygen atoms in total. The first-order valence-corrected chi connectivity index (χ1v) is 34.1. The maximum absolute atomic E-state index is 6.26. The Bertz CT molecular complexity index is 6120. The summed E-state index contributed by atoms with van der Waals surface area (Å²) in [6.07, 6.45) is 0. The van der Waals surface area contributed by atoms with Crippen LogP contribution < -0.4 is 0 Å². The predicted molar refractivity (Wildman–Crippen MR) is 405 cm³/mol. The van der Waals surface area contributed by atoms with Gasteiger partial charge in [-0.25, -0.2) is 29.9 Å². The molecule has 0 amide bonds. The van der Waals surface area contributed by atoms with Gasteiger partial charge in [0, 0.05) is 73.7 Å². The summed E-state index contributed by atoms with van der Waals surface area (Å²) >= 11 is 3.52. The quantitative estimate of drug-likeness (QED) is 0.126. The average molecular weight is 1290 g/mol. The molecule has 6 aromatic heterocycles. The van der Waals surface area contributed by atoms with Gasteiger partial charge in [0.05, 0.1) is 33.9 Å². The van der Waals surface area contributed by atoms with Gasteiger partial charge in [0.2, 0.25) is 11.8 Å². The van der Waals surface area contributed by atoms with Gasteiger partial charge < -0.3 is 8.83 Å². The molecule has 0 fully saturated rings. The third-order valence-corrected chi connectivity index (χ3v) is 20.3. The fourth-order valence-electron chi connectivity index (χ4n) is 13.2. The fraction of sp³-hybridized carbons (Fsp3) is 0. The van der Waals surface area contributed by atoms with Gasteiger partial charge in [0.15, 0.2) is 22.8 Å². The monoisotopic (exact) mass is 1290 g/mol. The molecule has 0 bridgehead atoms. The molecule has 0 N–H and O–H groups in total. The molecule has 0 aliphatic heterocycles. The van der Waals surface area contributed by atoms with Crippen molar-refractivity contribution in [1.29, 1.82) is 0 Å². The summed E-state index contributed by atoms with van der Waals surface area (Å²) in [7, 11) is 0. The van der Waals surface area contributed by atoms with Crippen LogP contribution in [0.1, 0.15) is 0 Å². The second kappa shape index (κ2) is 24.9. The molecule has 98 heavy (non-hydrogen) atoms. The van der Waals surface area contributed by atoms with Gasteiger partial charge in [-0.3, -0.25) is 0 Å². The van der Waals surface area contributed by atoms with Crippen molar-refractivity contribution in [1.82, 2.24) is 29.9 Å². The summed E-state index contributed by atoms with van der Waals surface area (Å²) in [4.78, 5) is 30.5. The highest BCUT2D eigenvalue weighted by molar-refractivity contribution is 7.27. The number of hydrogen-bond donors (Lipinski definition) is 0. The molecule has 0 aliphatic carbocycles. The summed E-state index contributed by atoms with van der Waals surface area (Å²) in [6, 6.07) is 113. The van der Waals surface area contributed by atoms with Gasteiger partial charge >= 0.3 is 0 Å². The molecule has 13 aromatic carbocycles. The molecule has 0 aliphatic rings. The van der Waals surface area contributed by atoms with Crippen molar-refractivity contribution in [2.24, 2.45) is 0 Å². The van der Waals surface area contributed by atoms with E-state index in [1.54, 1.807) is 22.7 Å². The van der Waals surface area contributed by atoms with Gasteiger partial charge in [-0.2, -0.15) is 0 Å². The van der Waals surface area contributed by atoms with E-state index in [-0.39, 0.29) is 0 Å². The number of rotatable bonds is 11. The molecule has 0 spiro atoms. The van der Waals surface area contributed by atoms with Gasteiger partial charge in [-0.15, -0.1) is 22.7 Å². The summed E-state index contributed by atoms with van der Waals surface area (Å²) in [5, 5.41) is 4.63. The summed E-state index contributed by atoms with van der Waals surface area (Å²) in [5.41, 5.74) is 21.9. The van der Waals surface area contributed by atoms with Crippen molar-refractivity contribution >= 4 is 85.2 Å². The zero-order valence-electron chi connectivity index (χ0n) is 52.5. The van der Waals surface area contributed by atoms with Crippen LogP contribution >= 0.6 is 22.7 Å². The maximum atomic E-state index is 6.26. The summed E-state index contributed by atoms with van der Waals surface area (Å²) < 4.78 is 17.1. The molecule has 19 rings (SSSR count). The minimum atomic E-state index is 0.628. The Morgan fingerprint density at radius 2 is 0.571 bits per heavy atom. The van der Waals surface area contributed by atoms with Gasteiger partial charge in [-0.05, 0) is 106 Å². The van der Waals surface area contributed by atoms with Gasteiger partial charge in [0.25, 0.3) is 0 Å². The molecular formula is C88H54N6O2S2. The first kappa shape index (κ1) is 58.0. The number of para-hydroxylation sites is 4. The SMILES string of the molecule is c1ccc(-c2ccc(-c3cc(-c4cccc5sc6c(-c7nc8ccccc8o7)cccc6c45)nc(-c4cccc(-c5ccccc5)c4)n3)cc2)cc1.c1ccc(-c2cccc(-c3cc(-c4cccc5sc6c(-c7nc8ccccc8o7)cccc6c45)nc(-c4ccccc4)n3)c2)cc1. The molecular weight excluding hydrogens is 1240 g/mol. The van der Waals surface area contributed by atoms with E-state index in [2.05, 4.69) is 243 Å². The third kappa shape index (κ3) is 11.0. The fourth-order valence-corrected chi connectivity index (χ4v) is 15.6. The molecule has 0 radical (unpaired) electrons. The Morgan fingerprint density at radius 3 is 1.07 bits per heavy atom. The lowest BCUT2D eigenvalue weighted by atomic mass is 9.99. The summed E-state index contributed by atoms with van der Waals surface area (Å²) in [6.45, 7) is 0. The zero-order valence-corrected chi connectivity index (χ0v) is 54.1. The lowest BCUT2D eigenvalue weighted by Gasteiger charge is -2.12. The molecule has 460 valence electrons.